The second-order valence-corrected chi connectivity index (χ2v) is 14.1. The Bertz CT molecular complexity index is 1310. The maximum Gasteiger partial charge on any atom is 0.231 e. The largest absolute Gasteiger partial charge is 0.493 e. The Morgan fingerprint density at radius 2 is 1.95 bits per heavy atom. The normalized spacial score (nSPS) is 28.2. The molecule has 0 radical (unpaired) electrons. The third-order valence-electron chi connectivity index (χ3n) is 8.74. The van der Waals surface area contributed by atoms with E-state index in [0.29, 0.717) is 43.7 Å². The number of aliphatic hydroxyl groups excluding tert-OH is 2. The van der Waals surface area contributed by atoms with E-state index in [9.17, 15) is 23.4 Å². The van der Waals surface area contributed by atoms with Crippen LogP contribution in [-0.2, 0) is 27.7 Å². The maximum atomic E-state index is 13.3. The van der Waals surface area contributed by atoms with Gasteiger partial charge in [0.1, 0.15) is 0 Å². The molecule has 4 N–H and O–H groups in total. The lowest BCUT2D eigenvalue weighted by molar-refractivity contribution is -0.144. The highest BCUT2D eigenvalue weighted by Gasteiger charge is 2.59. The number of carbonyl (C=O) groups is 1. The van der Waals surface area contributed by atoms with Gasteiger partial charge in [-0.3, -0.25) is 9.52 Å². The number of nitrogens with one attached hydrogen (secondary N) is 2. The molecule has 1 aromatic heterocycles. The van der Waals surface area contributed by atoms with Crippen LogP contribution in [0.25, 0.3) is 0 Å². The van der Waals surface area contributed by atoms with Crippen molar-refractivity contribution in [2.24, 2.45) is 16.7 Å². The number of aromatic nitrogens is 1. The monoisotopic (exact) mass is 581 g/mol. The molecule has 1 heterocycles. The van der Waals surface area contributed by atoms with Crippen molar-refractivity contribution >= 4 is 32.4 Å². The van der Waals surface area contributed by atoms with Crippen LogP contribution in [0, 0.1) is 16.7 Å². The zero-order valence-corrected chi connectivity index (χ0v) is 24.7. The molecule has 1 saturated carbocycles. The minimum absolute atomic E-state index is 0.109. The Hall–Kier alpha value is -2.41. The van der Waals surface area contributed by atoms with Crippen molar-refractivity contribution in [1.29, 1.82) is 0 Å². The molecule has 10 nitrogen and oxygen atoms in total. The van der Waals surface area contributed by atoms with Crippen LogP contribution in [0.4, 0.5) is 5.13 Å². The summed E-state index contributed by atoms with van der Waals surface area (Å²) in [5.74, 6) is 0.736. The highest BCUT2D eigenvalue weighted by molar-refractivity contribution is 7.92. The SMILES string of the molecule is COc1ccc(CCNC(=O)CC2c3nc(NS(C)(=O)=O)sc3CC3C(C)(CO)C(O)CCC23C)cc1OC. The van der Waals surface area contributed by atoms with Crippen LogP contribution in [0.1, 0.15) is 55.2 Å². The fourth-order valence-corrected chi connectivity index (χ4v) is 8.39. The topological polar surface area (TPSA) is 147 Å². The van der Waals surface area contributed by atoms with Crippen molar-refractivity contribution in [3.05, 3.63) is 34.3 Å². The zero-order valence-electron chi connectivity index (χ0n) is 23.1. The summed E-state index contributed by atoms with van der Waals surface area (Å²) in [6.07, 6.45) is 2.93. The van der Waals surface area contributed by atoms with Crippen LogP contribution in [0.5, 0.6) is 11.5 Å². The average Bonchev–Trinajstić information content (AvgIpc) is 3.28. The number of fused-ring (bicyclic) bond motifs is 2. The van der Waals surface area contributed by atoms with Crippen LogP contribution in [0.3, 0.4) is 0 Å². The Balaban J connectivity index is 1.56. The summed E-state index contributed by atoms with van der Waals surface area (Å²) >= 11 is 1.26. The summed E-state index contributed by atoms with van der Waals surface area (Å²) in [5.41, 5.74) is 0.565. The number of sulfonamides is 1. The Labute approximate surface area is 234 Å². The second-order valence-electron chi connectivity index (χ2n) is 11.2. The van der Waals surface area contributed by atoms with E-state index >= 15 is 0 Å². The van der Waals surface area contributed by atoms with Crippen molar-refractivity contribution in [3.63, 3.8) is 0 Å². The zero-order chi connectivity index (χ0) is 28.6. The van der Waals surface area contributed by atoms with Crippen molar-refractivity contribution in [2.45, 2.75) is 58.0 Å². The highest BCUT2D eigenvalue weighted by Crippen LogP contribution is 2.62. The van der Waals surface area contributed by atoms with Gasteiger partial charge in [-0.1, -0.05) is 19.9 Å². The van der Waals surface area contributed by atoms with E-state index in [0.717, 1.165) is 22.4 Å². The number of thiazole rings is 1. The maximum absolute atomic E-state index is 13.3. The number of anilines is 1. The van der Waals surface area contributed by atoms with Crippen LogP contribution in [0.15, 0.2) is 18.2 Å². The lowest BCUT2D eigenvalue weighted by Crippen LogP contribution is -2.57. The quantitative estimate of drug-likeness (QED) is 0.335. The smallest absolute Gasteiger partial charge is 0.231 e. The molecule has 5 atom stereocenters. The third kappa shape index (κ3) is 5.89. The Morgan fingerprint density at radius 1 is 1.23 bits per heavy atom. The average molecular weight is 582 g/mol. The molecule has 2 aliphatic carbocycles. The third-order valence-corrected chi connectivity index (χ3v) is 10.4. The van der Waals surface area contributed by atoms with Gasteiger partial charge in [0.15, 0.2) is 16.6 Å². The molecular formula is C27H39N3O7S2. The fraction of sp³-hybridized carbons (Fsp3) is 0.630. The number of benzene rings is 1. The molecule has 4 rings (SSSR count). The molecule has 0 aliphatic heterocycles. The molecule has 0 saturated heterocycles. The van der Waals surface area contributed by atoms with Gasteiger partial charge in [0.2, 0.25) is 15.9 Å². The standard InChI is InChI=1S/C27H39N3O7S2/c1-26-10-8-22(32)27(2,15-31)21(26)14-20-24(29-25(38-20)30-39(5,34)35)17(26)13-23(33)28-11-9-16-6-7-18(36-3)19(12-16)37-4/h6-7,12,17,21-22,31-32H,8-11,13-15H2,1-5H3,(H,28,33)(H,29,30). The van der Waals surface area contributed by atoms with Crippen LogP contribution in [-0.4, -0.2) is 69.3 Å². The van der Waals surface area contributed by atoms with Crippen LogP contribution in [0.2, 0.25) is 0 Å². The second kappa shape index (κ2) is 11.2. The summed E-state index contributed by atoms with van der Waals surface area (Å²) in [6, 6.07) is 5.65. The van der Waals surface area contributed by atoms with Crippen molar-refractivity contribution in [2.75, 3.05) is 38.3 Å². The van der Waals surface area contributed by atoms with Gasteiger partial charge in [-0.05, 0) is 54.7 Å². The lowest BCUT2D eigenvalue weighted by Gasteiger charge is -2.58. The van der Waals surface area contributed by atoms with Crippen molar-refractivity contribution in [3.8, 4) is 11.5 Å². The lowest BCUT2D eigenvalue weighted by atomic mass is 9.47. The Kier molecular flexibility index (Phi) is 8.51. The number of methoxy groups -OCH3 is 2. The molecule has 1 amide bonds. The minimum Gasteiger partial charge on any atom is -0.493 e. The van der Waals surface area contributed by atoms with Crippen LogP contribution >= 0.6 is 11.3 Å². The molecule has 1 fully saturated rings. The first-order valence-corrected chi connectivity index (χ1v) is 15.8. The number of carbonyl (C=O) groups excluding carboxylic acids is 1. The molecule has 216 valence electrons. The molecule has 2 aromatic rings. The summed E-state index contributed by atoms with van der Waals surface area (Å²) < 4.78 is 36.9. The molecule has 0 spiro atoms. The number of nitrogens with zero attached hydrogens (tertiary/aromatic N) is 1. The minimum atomic E-state index is -3.52. The van der Waals surface area contributed by atoms with Gasteiger partial charge in [-0.15, -0.1) is 11.3 Å². The number of ether oxygens (including phenoxy) is 2. The van der Waals surface area contributed by atoms with E-state index < -0.39 is 27.0 Å². The number of amides is 1. The summed E-state index contributed by atoms with van der Waals surface area (Å²) in [7, 11) is -0.359. The predicted molar refractivity (Wildman–Crippen MR) is 150 cm³/mol. The highest BCUT2D eigenvalue weighted by atomic mass is 32.2. The fourth-order valence-electron chi connectivity index (χ4n) is 6.49. The van der Waals surface area contributed by atoms with E-state index in [4.69, 9.17) is 9.47 Å². The summed E-state index contributed by atoms with van der Waals surface area (Å²) in [5, 5.41) is 24.6. The molecule has 5 unspecified atom stereocenters. The molecule has 1 aromatic carbocycles. The first kappa shape index (κ1) is 29.6. The number of aliphatic hydroxyl groups is 2. The molecule has 2 aliphatic rings. The predicted octanol–water partition coefficient (Wildman–Crippen LogP) is 2.70. The Morgan fingerprint density at radius 3 is 2.59 bits per heavy atom. The first-order valence-electron chi connectivity index (χ1n) is 13.1. The number of hydrogen-bond donors (Lipinski definition) is 4. The van der Waals surface area contributed by atoms with E-state index in [2.05, 4.69) is 21.9 Å². The van der Waals surface area contributed by atoms with Gasteiger partial charge in [-0.25, -0.2) is 13.4 Å². The van der Waals surface area contributed by atoms with Gasteiger partial charge in [0, 0.05) is 29.2 Å². The number of rotatable bonds is 10. The van der Waals surface area contributed by atoms with Crippen LogP contribution < -0.4 is 19.5 Å². The summed E-state index contributed by atoms with van der Waals surface area (Å²) in [6.45, 7) is 4.27. The van der Waals surface area contributed by atoms with E-state index in [1.807, 2.05) is 25.1 Å². The van der Waals surface area contributed by atoms with Crippen molar-refractivity contribution in [1.82, 2.24) is 10.3 Å². The van der Waals surface area contributed by atoms with E-state index in [-0.39, 0.29) is 35.9 Å². The molecular weight excluding hydrogens is 542 g/mol. The van der Waals surface area contributed by atoms with Gasteiger partial charge >= 0.3 is 0 Å². The van der Waals surface area contributed by atoms with Gasteiger partial charge < -0.3 is 25.0 Å². The van der Waals surface area contributed by atoms with Gasteiger partial charge in [0.05, 0.1) is 38.9 Å². The van der Waals surface area contributed by atoms with Gasteiger partial charge in [0.25, 0.3) is 0 Å². The van der Waals surface area contributed by atoms with Crippen molar-refractivity contribution < 1.29 is 32.9 Å². The van der Waals surface area contributed by atoms with E-state index in [1.165, 1.54) is 11.3 Å². The van der Waals surface area contributed by atoms with Gasteiger partial charge in [-0.2, -0.15) is 0 Å². The number of hydrogen-bond acceptors (Lipinski definition) is 9. The molecule has 39 heavy (non-hydrogen) atoms. The molecule has 0 bridgehead atoms. The van der Waals surface area contributed by atoms with E-state index in [1.54, 1.807) is 14.2 Å². The molecule has 12 heteroatoms. The first-order chi connectivity index (χ1) is 18.3. The summed E-state index contributed by atoms with van der Waals surface area (Å²) in [4.78, 5) is 18.8.